The molecule has 0 rings (SSSR count). The summed E-state index contributed by atoms with van der Waals surface area (Å²) in [7, 11) is 0. The zero-order valence-corrected chi connectivity index (χ0v) is 9.80. The summed E-state index contributed by atoms with van der Waals surface area (Å²) < 4.78 is 137. The zero-order chi connectivity index (χ0) is 17.5. The third-order valence-electron chi connectivity index (χ3n) is 2.05. The molecule has 0 spiro atoms. The second-order valence-corrected chi connectivity index (χ2v) is 3.97. The molecule has 0 saturated heterocycles. The van der Waals surface area contributed by atoms with Crippen molar-refractivity contribution < 1.29 is 58.1 Å². The molecular weight excluding hydrogens is 337 g/mol. The van der Waals surface area contributed by atoms with Gasteiger partial charge in [0.25, 0.3) is 0 Å². The molecule has 0 radical (unpaired) electrons. The van der Waals surface area contributed by atoms with Crippen molar-refractivity contribution in [3.05, 3.63) is 0 Å². The van der Waals surface area contributed by atoms with Crippen molar-refractivity contribution in [2.45, 2.75) is 49.7 Å². The summed E-state index contributed by atoms with van der Waals surface area (Å²) >= 11 is 0. The maximum absolute atomic E-state index is 12.6. The first-order valence-electron chi connectivity index (χ1n) is 4.83. The van der Waals surface area contributed by atoms with Crippen LogP contribution >= 0.6 is 0 Å². The largest absolute Gasteiger partial charge is 0.462 e. The van der Waals surface area contributed by atoms with E-state index in [1.807, 2.05) is 0 Å². The van der Waals surface area contributed by atoms with Crippen LogP contribution in [0.3, 0.4) is 0 Å². The van der Waals surface area contributed by atoms with Gasteiger partial charge in [0, 0.05) is 6.42 Å². The lowest BCUT2D eigenvalue weighted by Gasteiger charge is -2.31. The number of aliphatic hydroxyl groups is 1. The van der Waals surface area contributed by atoms with Gasteiger partial charge in [-0.1, -0.05) is 0 Å². The van der Waals surface area contributed by atoms with E-state index in [2.05, 4.69) is 4.74 Å². The van der Waals surface area contributed by atoms with Gasteiger partial charge in [0.15, 0.2) is 0 Å². The fraction of sp³-hybridized carbons (Fsp3) is 1.00. The standard InChI is InChI=1S/C8H7F11O2/c1-3(2-4(9,10)7(16,17)20)21-8(18,19)5(11,12)6(13,14)15/h3,20H,2H2,1H3. The molecule has 1 N–H and O–H groups in total. The fourth-order valence-corrected chi connectivity index (χ4v) is 1.02. The van der Waals surface area contributed by atoms with Crippen molar-refractivity contribution >= 4 is 0 Å². The maximum Gasteiger partial charge on any atom is 0.462 e. The van der Waals surface area contributed by atoms with Crippen LogP contribution in [0.15, 0.2) is 0 Å². The van der Waals surface area contributed by atoms with E-state index in [0.29, 0.717) is 0 Å². The lowest BCUT2D eigenvalue weighted by atomic mass is 10.1. The van der Waals surface area contributed by atoms with Crippen LogP contribution in [0.5, 0.6) is 0 Å². The normalized spacial score (nSPS) is 17.0. The molecule has 128 valence electrons. The SMILES string of the molecule is CC(CC(F)(F)C(O)(F)F)OC(F)(F)C(F)(F)C(F)(F)F. The van der Waals surface area contributed by atoms with Gasteiger partial charge in [-0.3, -0.25) is 0 Å². The van der Waals surface area contributed by atoms with E-state index in [4.69, 9.17) is 5.11 Å². The highest BCUT2D eigenvalue weighted by Crippen LogP contribution is 2.48. The van der Waals surface area contributed by atoms with Crippen molar-refractivity contribution in [1.29, 1.82) is 0 Å². The summed E-state index contributed by atoms with van der Waals surface area (Å²) in [4.78, 5) is 0. The molecule has 0 fully saturated rings. The molecule has 0 bridgehead atoms. The van der Waals surface area contributed by atoms with Crippen molar-refractivity contribution in [3.8, 4) is 0 Å². The molecule has 0 aliphatic rings. The van der Waals surface area contributed by atoms with E-state index >= 15 is 0 Å². The Hall–Kier alpha value is -0.850. The Kier molecular flexibility index (Phi) is 5.19. The number of alkyl halides is 11. The van der Waals surface area contributed by atoms with Gasteiger partial charge in [-0.2, -0.15) is 48.3 Å². The minimum atomic E-state index is -6.76. The summed E-state index contributed by atoms with van der Waals surface area (Å²) in [5.74, 6) is -12.1. The highest BCUT2D eigenvalue weighted by molar-refractivity contribution is 4.86. The molecular formula is C8H7F11O2. The molecule has 1 unspecified atom stereocenters. The first kappa shape index (κ1) is 20.1. The predicted octanol–water partition coefficient (Wildman–Crippen LogP) is 3.79. The van der Waals surface area contributed by atoms with E-state index in [-0.39, 0.29) is 6.92 Å². The summed E-state index contributed by atoms with van der Waals surface area (Å²) in [5, 5.41) is 7.73. The molecule has 0 aromatic rings. The Morgan fingerprint density at radius 3 is 1.52 bits per heavy atom. The van der Waals surface area contributed by atoms with Crippen LogP contribution in [0, 0.1) is 0 Å². The summed E-state index contributed by atoms with van der Waals surface area (Å²) in [6.07, 6.45) is -24.0. The van der Waals surface area contributed by atoms with Crippen molar-refractivity contribution in [3.63, 3.8) is 0 Å². The third kappa shape index (κ3) is 4.31. The third-order valence-corrected chi connectivity index (χ3v) is 2.05. The maximum atomic E-state index is 12.6. The Morgan fingerprint density at radius 2 is 1.24 bits per heavy atom. The molecule has 1 atom stereocenters. The Balaban J connectivity index is 5.06. The Morgan fingerprint density at radius 1 is 0.857 bits per heavy atom. The van der Waals surface area contributed by atoms with Gasteiger partial charge < -0.3 is 9.84 Å². The molecule has 0 amide bonds. The number of halogens is 11. The predicted molar refractivity (Wildman–Crippen MR) is 43.2 cm³/mol. The van der Waals surface area contributed by atoms with Crippen LogP contribution in [-0.2, 0) is 4.74 Å². The monoisotopic (exact) mass is 344 g/mol. The average molecular weight is 344 g/mol. The minimum absolute atomic E-state index is 0.125. The quantitative estimate of drug-likeness (QED) is 0.743. The van der Waals surface area contributed by atoms with Crippen LogP contribution in [0.1, 0.15) is 13.3 Å². The Bertz CT molecular complexity index is 356. The lowest BCUT2D eigenvalue weighted by molar-refractivity contribution is -0.434. The van der Waals surface area contributed by atoms with Gasteiger partial charge in [0.05, 0.1) is 6.10 Å². The minimum Gasteiger partial charge on any atom is -0.332 e. The highest BCUT2D eigenvalue weighted by Gasteiger charge is 2.75. The Labute approximate surface area is 109 Å². The number of hydrogen-bond donors (Lipinski definition) is 1. The van der Waals surface area contributed by atoms with Gasteiger partial charge in [-0.15, -0.1) is 0 Å². The second kappa shape index (κ2) is 5.41. The van der Waals surface area contributed by atoms with Crippen LogP contribution in [0.4, 0.5) is 48.3 Å². The molecule has 0 heterocycles. The molecule has 2 nitrogen and oxygen atoms in total. The van der Waals surface area contributed by atoms with E-state index in [0.717, 1.165) is 0 Å². The first-order valence-corrected chi connectivity index (χ1v) is 4.83. The van der Waals surface area contributed by atoms with Crippen LogP contribution in [0.2, 0.25) is 0 Å². The molecule has 13 heteroatoms. The van der Waals surface area contributed by atoms with Gasteiger partial charge in [-0.05, 0) is 6.92 Å². The molecule has 0 saturated carbocycles. The lowest BCUT2D eigenvalue weighted by Crippen LogP contribution is -2.55. The fourth-order valence-electron chi connectivity index (χ4n) is 1.02. The van der Waals surface area contributed by atoms with E-state index < -0.39 is 42.8 Å². The van der Waals surface area contributed by atoms with E-state index in [9.17, 15) is 48.3 Å². The van der Waals surface area contributed by atoms with Crippen LogP contribution < -0.4 is 0 Å². The van der Waals surface area contributed by atoms with Crippen LogP contribution in [-0.4, -0.2) is 41.4 Å². The smallest absolute Gasteiger partial charge is 0.332 e. The van der Waals surface area contributed by atoms with Gasteiger partial charge in [0.1, 0.15) is 0 Å². The van der Waals surface area contributed by atoms with Crippen LogP contribution in [0.25, 0.3) is 0 Å². The zero-order valence-electron chi connectivity index (χ0n) is 9.80. The van der Waals surface area contributed by atoms with Crippen molar-refractivity contribution in [2.75, 3.05) is 0 Å². The van der Waals surface area contributed by atoms with Crippen molar-refractivity contribution in [2.24, 2.45) is 0 Å². The average Bonchev–Trinajstić information content (AvgIpc) is 2.10. The summed E-state index contributed by atoms with van der Waals surface area (Å²) in [6.45, 7) is 0.125. The number of ether oxygens (including phenoxy) is 1. The molecule has 0 aliphatic heterocycles. The first-order chi connectivity index (χ1) is 8.85. The number of rotatable bonds is 6. The highest BCUT2D eigenvalue weighted by atomic mass is 19.4. The topological polar surface area (TPSA) is 29.5 Å². The van der Waals surface area contributed by atoms with Gasteiger partial charge in [0.2, 0.25) is 0 Å². The van der Waals surface area contributed by atoms with Crippen molar-refractivity contribution in [1.82, 2.24) is 0 Å². The van der Waals surface area contributed by atoms with Gasteiger partial charge in [-0.25, -0.2) is 0 Å². The van der Waals surface area contributed by atoms with E-state index in [1.165, 1.54) is 0 Å². The van der Waals surface area contributed by atoms with E-state index in [1.54, 1.807) is 0 Å². The molecule has 21 heavy (non-hydrogen) atoms. The molecule has 0 aromatic carbocycles. The molecule has 0 aromatic heterocycles. The summed E-state index contributed by atoms with van der Waals surface area (Å²) in [5.41, 5.74) is 0. The second-order valence-electron chi connectivity index (χ2n) is 3.97. The van der Waals surface area contributed by atoms with Gasteiger partial charge >= 0.3 is 30.2 Å². The number of hydrogen-bond acceptors (Lipinski definition) is 2. The molecule has 0 aliphatic carbocycles. The summed E-state index contributed by atoms with van der Waals surface area (Å²) in [6, 6.07) is 0.